The summed E-state index contributed by atoms with van der Waals surface area (Å²) in [7, 11) is 0. The third-order valence-corrected chi connectivity index (χ3v) is 2.32. The lowest BCUT2D eigenvalue weighted by atomic mass is 10.2. The van der Waals surface area contributed by atoms with Gasteiger partial charge in [-0.2, -0.15) is 0 Å². The third kappa shape index (κ3) is 4.99. The van der Waals surface area contributed by atoms with Crippen molar-refractivity contribution in [2.75, 3.05) is 32.8 Å². The van der Waals surface area contributed by atoms with Crippen molar-refractivity contribution >= 4 is 5.96 Å². The van der Waals surface area contributed by atoms with Crippen LogP contribution in [0.2, 0.25) is 0 Å². The van der Waals surface area contributed by atoms with Crippen molar-refractivity contribution in [1.82, 2.24) is 4.90 Å². The molecule has 0 aromatic rings. The maximum Gasteiger partial charge on any atom is 0.185 e. The molecule has 0 amide bonds. The van der Waals surface area contributed by atoms with E-state index in [1.807, 2.05) is 0 Å². The molecule has 88 valence electrons. The molecule has 0 aromatic heterocycles. The van der Waals surface area contributed by atoms with Gasteiger partial charge in [0.2, 0.25) is 0 Å². The summed E-state index contributed by atoms with van der Waals surface area (Å²) < 4.78 is 5.58. The van der Waals surface area contributed by atoms with Crippen LogP contribution in [0.25, 0.3) is 0 Å². The fraction of sp³-hybridized carbons (Fsp3) is 0.900. The standard InChI is InChI=1S/C10H22N4O/c1-8(2)6-14-3-4-15-9(7-14)5-13-10(11)12/h8-9H,3-7H2,1-2H3,(H4,11,12,13). The molecule has 1 heterocycles. The van der Waals surface area contributed by atoms with Crippen LogP contribution in [0.1, 0.15) is 13.8 Å². The molecule has 0 saturated carbocycles. The van der Waals surface area contributed by atoms with Crippen LogP contribution in [0.4, 0.5) is 0 Å². The van der Waals surface area contributed by atoms with Gasteiger partial charge in [0, 0.05) is 19.6 Å². The molecule has 1 aliphatic rings. The van der Waals surface area contributed by atoms with Crippen LogP contribution in [0.3, 0.4) is 0 Å². The van der Waals surface area contributed by atoms with Gasteiger partial charge in [-0.3, -0.25) is 9.89 Å². The zero-order valence-electron chi connectivity index (χ0n) is 9.65. The van der Waals surface area contributed by atoms with Gasteiger partial charge in [-0.25, -0.2) is 0 Å². The molecule has 15 heavy (non-hydrogen) atoms. The van der Waals surface area contributed by atoms with Crippen molar-refractivity contribution in [2.24, 2.45) is 22.4 Å². The van der Waals surface area contributed by atoms with E-state index in [9.17, 15) is 0 Å². The number of guanidine groups is 1. The van der Waals surface area contributed by atoms with E-state index in [0.717, 1.165) is 26.2 Å². The zero-order valence-corrected chi connectivity index (χ0v) is 9.65. The molecule has 1 atom stereocenters. The van der Waals surface area contributed by atoms with Crippen molar-refractivity contribution in [3.8, 4) is 0 Å². The first kappa shape index (κ1) is 12.3. The van der Waals surface area contributed by atoms with E-state index in [0.29, 0.717) is 12.5 Å². The van der Waals surface area contributed by atoms with Crippen LogP contribution in [0, 0.1) is 5.92 Å². The number of morpholine rings is 1. The van der Waals surface area contributed by atoms with Gasteiger partial charge in [-0.15, -0.1) is 0 Å². The lowest BCUT2D eigenvalue weighted by molar-refractivity contribution is -0.0261. The molecule has 1 unspecified atom stereocenters. The highest BCUT2D eigenvalue weighted by Crippen LogP contribution is 2.08. The van der Waals surface area contributed by atoms with Gasteiger partial charge in [-0.1, -0.05) is 13.8 Å². The fourth-order valence-corrected chi connectivity index (χ4v) is 1.78. The number of hydrogen-bond donors (Lipinski definition) is 2. The van der Waals surface area contributed by atoms with E-state index < -0.39 is 0 Å². The van der Waals surface area contributed by atoms with E-state index >= 15 is 0 Å². The second-order valence-electron chi connectivity index (χ2n) is 4.41. The second kappa shape index (κ2) is 5.92. The molecule has 0 radical (unpaired) electrons. The summed E-state index contributed by atoms with van der Waals surface area (Å²) in [5.41, 5.74) is 10.6. The number of nitrogens with two attached hydrogens (primary N) is 2. The van der Waals surface area contributed by atoms with E-state index in [1.165, 1.54) is 0 Å². The van der Waals surface area contributed by atoms with Crippen molar-refractivity contribution in [3.05, 3.63) is 0 Å². The van der Waals surface area contributed by atoms with Crippen LogP contribution >= 0.6 is 0 Å². The Morgan fingerprint density at radius 3 is 2.87 bits per heavy atom. The molecule has 0 spiro atoms. The van der Waals surface area contributed by atoms with Gasteiger partial charge in [-0.05, 0) is 5.92 Å². The topological polar surface area (TPSA) is 76.9 Å². The molecule has 0 aliphatic carbocycles. The van der Waals surface area contributed by atoms with Gasteiger partial charge in [0.25, 0.3) is 0 Å². The van der Waals surface area contributed by atoms with Crippen LogP contribution < -0.4 is 11.5 Å². The molecule has 1 aliphatic heterocycles. The molecule has 1 fully saturated rings. The molecule has 1 saturated heterocycles. The average Bonchev–Trinajstić information content (AvgIpc) is 2.14. The molecule has 0 aromatic carbocycles. The van der Waals surface area contributed by atoms with E-state index in [4.69, 9.17) is 16.2 Å². The molecule has 5 heteroatoms. The summed E-state index contributed by atoms with van der Waals surface area (Å²) >= 11 is 0. The number of hydrogen-bond acceptors (Lipinski definition) is 3. The van der Waals surface area contributed by atoms with Crippen molar-refractivity contribution < 1.29 is 4.74 Å². The minimum Gasteiger partial charge on any atom is -0.374 e. The van der Waals surface area contributed by atoms with E-state index in [-0.39, 0.29) is 12.1 Å². The fourth-order valence-electron chi connectivity index (χ4n) is 1.78. The van der Waals surface area contributed by atoms with Gasteiger partial charge >= 0.3 is 0 Å². The van der Waals surface area contributed by atoms with Gasteiger partial charge < -0.3 is 16.2 Å². The van der Waals surface area contributed by atoms with E-state index in [2.05, 4.69) is 23.7 Å². The first-order valence-electron chi connectivity index (χ1n) is 5.47. The Labute approximate surface area is 91.5 Å². The van der Waals surface area contributed by atoms with Crippen LogP contribution in [-0.4, -0.2) is 49.7 Å². The number of rotatable bonds is 4. The summed E-state index contributed by atoms with van der Waals surface area (Å²) in [5.74, 6) is 0.825. The largest absolute Gasteiger partial charge is 0.374 e. The highest BCUT2D eigenvalue weighted by atomic mass is 16.5. The summed E-state index contributed by atoms with van der Waals surface area (Å²) in [5, 5.41) is 0. The lowest BCUT2D eigenvalue weighted by Crippen LogP contribution is -2.45. The maximum absolute atomic E-state index is 5.58. The van der Waals surface area contributed by atoms with Crippen molar-refractivity contribution in [2.45, 2.75) is 20.0 Å². The minimum atomic E-state index is 0.139. The zero-order chi connectivity index (χ0) is 11.3. The molecular weight excluding hydrogens is 192 g/mol. The SMILES string of the molecule is CC(C)CN1CCOC(CN=C(N)N)C1. The molecule has 1 rings (SSSR count). The average molecular weight is 214 g/mol. The summed E-state index contributed by atoms with van der Waals surface area (Å²) in [4.78, 5) is 6.39. The third-order valence-electron chi connectivity index (χ3n) is 2.32. The molecular formula is C10H22N4O. The Bertz CT molecular complexity index is 213. The highest BCUT2D eigenvalue weighted by molar-refractivity contribution is 5.75. The van der Waals surface area contributed by atoms with Gasteiger partial charge in [0.1, 0.15) is 0 Å². The quantitative estimate of drug-likeness (QED) is 0.494. The normalized spacial score (nSPS) is 23.0. The smallest absolute Gasteiger partial charge is 0.185 e. The molecule has 4 N–H and O–H groups in total. The van der Waals surface area contributed by atoms with Gasteiger partial charge in [0.15, 0.2) is 5.96 Å². The predicted octanol–water partition coefficient (Wildman–Crippen LogP) is -0.383. The van der Waals surface area contributed by atoms with Crippen molar-refractivity contribution in [3.63, 3.8) is 0 Å². The first-order chi connectivity index (χ1) is 7.08. The Morgan fingerprint density at radius 2 is 2.27 bits per heavy atom. The Hall–Kier alpha value is -0.810. The first-order valence-corrected chi connectivity index (χ1v) is 5.47. The lowest BCUT2D eigenvalue weighted by Gasteiger charge is -2.33. The predicted molar refractivity (Wildman–Crippen MR) is 61.7 cm³/mol. The monoisotopic (exact) mass is 214 g/mol. The number of aliphatic imine (C=N–C) groups is 1. The summed E-state index contributed by atoms with van der Waals surface area (Å²) in [6.07, 6.45) is 0.139. The Morgan fingerprint density at radius 1 is 1.53 bits per heavy atom. The second-order valence-corrected chi connectivity index (χ2v) is 4.41. The van der Waals surface area contributed by atoms with Gasteiger partial charge in [0.05, 0.1) is 19.3 Å². The number of ether oxygens (including phenoxy) is 1. The van der Waals surface area contributed by atoms with Crippen molar-refractivity contribution in [1.29, 1.82) is 0 Å². The van der Waals surface area contributed by atoms with Crippen LogP contribution in [-0.2, 0) is 4.74 Å². The molecule has 0 bridgehead atoms. The summed E-state index contributed by atoms with van der Waals surface area (Å²) in [6.45, 7) is 8.84. The number of nitrogens with zero attached hydrogens (tertiary/aromatic N) is 2. The Balaban J connectivity index is 2.32. The highest BCUT2D eigenvalue weighted by Gasteiger charge is 2.20. The maximum atomic E-state index is 5.58. The Kier molecular flexibility index (Phi) is 4.84. The summed E-state index contributed by atoms with van der Waals surface area (Å²) in [6, 6.07) is 0. The van der Waals surface area contributed by atoms with E-state index in [1.54, 1.807) is 0 Å². The van der Waals surface area contributed by atoms with Crippen LogP contribution in [0.5, 0.6) is 0 Å². The minimum absolute atomic E-state index is 0.139. The molecule has 5 nitrogen and oxygen atoms in total. The van der Waals surface area contributed by atoms with Crippen LogP contribution in [0.15, 0.2) is 4.99 Å².